The molecule has 3 atom stereocenters. The highest BCUT2D eigenvalue weighted by Crippen LogP contribution is 2.22. The molecule has 0 aliphatic carbocycles. The van der Waals surface area contributed by atoms with Gasteiger partial charge in [-0.25, -0.2) is 0 Å². The monoisotopic (exact) mass is 171 g/mol. The lowest BCUT2D eigenvalue weighted by Crippen LogP contribution is -2.44. The van der Waals surface area contributed by atoms with Crippen molar-refractivity contribution in [1.29, 1.82) is 0 Å². The summed E-state index contributed by atoms with van der Waals surface area (Å²) < 4.78 is 4.74. The van der Waals surface area contributed by atoms with E-state index in [9.17, 15) is 4.79 Å². The van der Waals surface area contributed by atoms with Crippen LogP contribution in [0.3, 0.4) is 0 Å². The van der Waals surface area contributed by atoms with Crippen molar-refractivity contribution in [2.45, 2.75) is 26.3 Å². The zero-order valence-corrected chi connectivity index (χ0v) is 7.96. The Morgan fingerprint density at radius 2 is 2.17 bits per heavy atom. The third-order valence-corrected chi connectivity index (χ3v) is 2.59. The third kappa shape index (κ3) is 1.97. The molecular formula is C9H17NO2. The van der Waals surface area contributed by atoms with Gasteiger partial charge in [0.25, 0.3) is 0 Å². The zero-order chi connectivity index (χ0) is 9.14. The van der Waals surface area contributed by atoms with Crippen LogP contribution in [0, 0.1) is 11.8 Å². The molecule has 70 valence electrons. The molecule has 1 rings (SSSR count). The van der Waals surface area contributed by atoms with Crippen LogP contribution in [0.5, 0.6) is 0 Å². The van der Waals surface area contributed by atoms with Gasteiger partial charge in [-0.05, 0) is 25.8 Å². The van der Waals surface area contributed by atoms with E-state index in [0.717, 1.165) is 13.0 Å². The molecule has 0 aromatic rings. The smallest absolute Gasteiger partial charge is 0.309 e. The molecule has 3 nitrogen and oxygen atoms in total. The molecule has 3 heteroatoms. The Bertz CT molecular complexity index is 170. The largest absolute Gasteiger partial charge is 0.469 e. The van der Waals surface area contributed by atoms with Gasteiger partial charge in [-0.3, -0.25) is 4.79 Å². The Labute approximate surface area is 73.5 Å². The second-order valence-electron chi connectivity index (χ2n) is 3.65. The number of hydrogen-bond acceptors (Lipinski definition) is 3. The number of nitrogens with one attached hydrogen (secondary N) is 1. The molecule has 0 spiro atoms. The highest BCUT2D eigenvalue weighted by atomic mass is 16.5. The van der Waals surface area contributed by atoms with E-state index in [1.54, 1.807) is 0 Å². The summed E-state index contributed by atoms with van der Waals surface area (Å²) in [6.45, 7) is 5.10. The quantitative estimate of drug-likeness (QED) is 0.593. The van der Waals surface area contributed by atoms with E-state index in [-0.39, 0.29) is 11.9 Å². The molecule has 0 aromatic carbocycles. The lowest BCUT2D eigenvalue weighted by Gasteiger charge is -2.31. The SMILES string of the molecule is COC(=O)[C@@H]1C[C@H](C)NC[C@H]1C. The summed E-state index contributed by atoms with van der Waals surface area (Å²) >= 11 is 0. The maximum atomic E-state index is 11.3. The molecule has 0 aromatic heterocycles. The number of carbonyl (C=O) groups is 1. The molecule has 1 fully saturated rings. The van der Waals surface area contributed by atoms with Gasteiger partial charge in [-0.1, -0.05) is 6.92 Å². The van der Waals surface area contributed by atoms with Crippen LogP contribution in [0.4, 0.5) is 0 Å². The number of hydrogen-bond donors (Lipinski definition) is 1. The van der Waals surface area contributed by atoms with E-state index >= 15 is 0 Å². The molecule has 1 heterocycles. The highest BCUT2D eigenvalue weighted by Gasteiger charge is 2.31. The predicted molar refractivity (Wildman–Crippen MR) is 46.8 cm³/mol. The second kappa shape index (κ2) is 3.90. The molecule has 0 saturated carbocycles. The van der Waals surface area contributed by atoms with Gasteiger partial charge in [0.1, 0.15) is 0 Å². The van der Waals surface area contributed by atoms with Crippen molar-refractivity contribution in [3.05, 3.63) is 0 Å². The number of methoxy groups -OCH3 is 1. The number of ether oxygens (including phenoxy) is 1. The van der Waals surface area contributed by atoms with Crippen molar-refractivity contribution in [3.8, 4) is 0 Å². The van der Waals surface area contributed by atoms with E-state index in [0.29, 0.717) is 12.0 Å². The van der Waals surface area contributed by atoms with E-state index < -0.39 is 0 Å². The average Bonchev–Trinajstić information content (AvgIpc) is 2.08. The van der Waals surface area contributed by atoms with Gasteiger partial charge in [-0.15, -0.1) is 0 Å². The van der Waals surface area contributed by atoms with E-state index in [4.69, 9.17) is 4.74 Å². The molecule has 1 aliphatic heterocycles. The molecule has 1 N–H and O–H groups in total. The molecule has 0 amide bonds. The van der Waals surface area contributed by atoms with E-state index in [1.807, 2.05) is 0 Å². The van der Waals surface area contributed by atoms with Crippen LogP contribution in [0.1, 0.15) is 20.3 Å². The van der Waals surface area contributed by atoms with Gasteiger partial charge in [0.2, 0.25) is 0 Å². The van der Waals surface area contributed by atoms with Crippen molar-refractivity contribution >= 4 is 5.97 Å². The van der Waals surface area contributed by atoms with Crippen LogP contribution >= 0.6 is 0 Å². The Morgan fingerprint density at radius 3 is 2.75 bits per heavy atom. The molecule has 0 radical (unpaired) electrons. The predicted octanol–water partition coefficient (Wildman–Crippen LogP) is 0.793. The minimum Gasteiger partial charge on any atom is -0.469 e. The first-order chi connectivity index (χ1) is 5.65. The fourth-order valence-corrected chi connectivity index (χ4v) is 1.71. The van der Waals surface area contributed by atoms with Crippen LogP contribution in [-0.2, 0) is 9.53 Å². The van der Waals surface area contributed by atoms with Crippen molar-refractivity contribution in [2.75, 3.05) is 13.7 Å². The van der Waals surface area contributed by atoms with Crippen molar-refractivity contribution < 1.29 is 9.53 Å². The number of carbonyl (C=O) groups excluding carboxylic acids is 1. The fraction of sp³-hybridized carbons (Fsp3) is 0.889. The standard InChI is InChI=1S/C9H17NO2/c1-6-5-10-7(2)4-8(6)9(11)12-3/h6-8,10H,4-5H2,1-3H3/t6-,7+,8-/m1/s1. The van der Waals surface area contributed by atoms with Crippen molar-refractivity contribution in [3.63, 3.8) is 0 Å². The maximum absolute atomic E-state index is 11.3. The summed E-state index contributed by atoms with van der Waals surface area (Å²) in [4.78, 5) is 11.3. The first-order valence-corrected chi connectivity index (χ1v) is 4.46. The summed E-state index contributed by atoms with van der Waals surface area (Å²) in [6, 6.07) is 0.435. The fourth-order valence-electron chi connectivity index (χ4n) is 1.71. The van der Waals surface area contributed by atoms with Gasteiger partial charge >= 0.3 is 5.97 Å². The van der Waals surface area contributed by atoms with Gasteiger partial charge in [0.15, 0.2) is 0 Å². The summed E-state index contributed by atoms with van der Waals surface area (Å²) in [6.07, 6.45) is 0.897. The minimum absolute atomic E-state index is 0.0594. The Morgan fingerprint density at radius 1 is 1.50 bits per heavy atom. The second-order valence-corrected chi connectivity index (χ2v) is 3.65. The van der Waals surface area contributed by atoms with Crippen LogP contribution < -0.4 is 5.32 Å². The van der Waals surface area contributed by atoms with Gasteiger partial charge in [0, 0.05) is 6.04 Å². The third-order valence-electron chi connectivity index (χ3n) is 2.59. The average molecular weight is 171 g/mol. The maximum Gasteiger partial charge on any atom is 0.309 e. The Balaban J connectivity index is 2.54. The molecule has 0 unspecified atom stereocenters. The molecule has 1 aliphatic rings. The molecule has 1 saturated heterocycles. The zero-order valence-electron chi connectivity index (χ0n) is 7.96. The van der Waals surface area contributed by atoms with Gasteiger partial charge in [-0.2, -0.15) is 0 Å². The Hall–Kier alpha value is -0.570. The normalized spacial score (nSPS) is 36.1. The lowest BCUT2D eigenvalue weighted by molar-refractivity contribution is -0.148. The summed E-state index contributed by atoms with van der Waals surface area (Å²) in [5.41, 5.74) is 0. The summed E-state index contributed by atoms with van der Waals surface area (Å²) in [7, 11) is 1.46. The first-order valence-electron chi connectivity index (χ1n) is 4.46. The lowest BCUT2D eigenvalue weighted by atomic mass is 9.85. The van der Waals surface area contributed by atoms with Crippen LogP contribution in [0.2, 0.25) is 0 Å². The van der Waals surface area contributed by atoms with E-state index in [2.05, 4.69) is 19.2 Å². The number of rotatable bonds is 1. The molecule has 12 heavy (non-hydrogen) atoms. The highest BCUT2D eigenvalue weighted by molar-refractivity contribution is 5.72. The van der Waals surface area contributed by atoms with E-state index in [1.165, 1.54) is 7.11 Å². The summed E-state index contributed by atoms with van der Waals surface area (Å²) in [5.74, 6) is 0.427. The van der Waals surface area contributed by atoms with Crippen molar-refractivity contribution in [2.24, 2.45) is 11.8 Å². The Kier molecular flexibility index (Phi) is 3.09. The number of piperidine rings is 1. The minimum atomic E-state index is -0.0594. The van der Waals surface area contributed by atoms with Gasteiger partial charge < -0.3 is 10.1 Å². The van der Waals surface area contributed by atoms with Crippen LogP contribution in [-0.4, -0.2) is 25.7 Å². The van der Waals surface area contributed by atoms with Crippen molar-refractivity contribution in [1.82, 2.24) is 5.32 Å². The molecule has 0 bridgehead atoms. The topological polar surface area (TPSA) is 38.3 Å². The summed E-state index contributed by atoms with van der Waals surface area (Å²) in [5, 5.41) is 3.33. The van der Waals surface area contributed by atoms with Gasteiger partial charge in [0.05, 0.1) is 13.0 Å². The first kappa shape index (κ1) is 9.52. The van der Waals surface area contributed by atoms with Crippen LogP contribution in [0.25, 0.3) is 0 Å². The molecular weight excluding hydrogens is 154 g/mol. The van der Waals surface area contributed by atoms with Crippen LogP contribution in [0.15, 0.2) is 0 Å². The number of esters is 1.